The van der Waals surface area contributed by atoms with Gasteiger partial charge in [0.2, 0.25) is 0 Å². The lowest BCUT2D eigenvalue weighted by molar-refractivity contribution is -0.134. The number of nitrogens with zero attached hydrogens (tertiary/aromatic N) is 4. The summed E-state index contributed by atoms with van der Waals surface area (Å²) in [6.07, 6.45) is 1.98. The molecule has 0 radical (unpaired) electrons. The Bertz CT molecular complexity index is 1190. The molecule has 1 spiro atoms. The molecular weight excluding hydrogens is 460 g/mol. The summed E-state index contributed by atoms with van der Waals surface area (Å²) in [5.74, 6) is 0.735. The van der Waals surface area contributed by atoms with Crippen molar-refractivity contribution in [3.05, 3.63) is 70.5 Å². The molecule has 2 aliphatic heterocycles. The lowest BCUT2D eigenvalue weighted by Gasteiger charge is -2.42. The zero-order valence-corrected chi connectivity index (χ0v) is 21.0. The van der Waals surface area contributed by atoms with Crippen LogP contribution < -0.4 is 4.74 Å². The fourth-order valence-electron chi connectivity index (χ4n) is 5.10. The first-order valence-corrected chi connectivity index (χ1v) is 12.8. The molecule has 3 heterocycles. The number of likely N-dealkylation sites (tertiary alicyclic amines) is 1. The van der Waals surface area contributed by atoms with Crippen molar-refractivity contribution in [2.45, 2.75) is 31.3 Å². The number of amides is 3. The van der Waals surface area contributed by atoms with Gasteiger partial charge >= 0.3 is 6.03 Å². The lowest BCUT2D eigenvalue weighted by atomic mass is 9.85. The van der Waals surface area contributed by atoms with E-state index in [2.05, 4.69) is 22.4 Å². The van der Waals surface area contributed by atoms with Gasteiger partial charge < -0.3 is 9.64 Å². The second-order valence-electron chi connectivity index (χ2n) is 9.20. The van der Waals surface area contributed by atoms with Crippen LogP contribution in [0.5, 0.6) is 5.75 Å². The molecular formula is C27H30N4O3S. The van der Waals surface area contributed by atoms with Crippen LogP contribution in [0.2, 0.25) is 0 Å². The van der Waals surface area contributed by atoms with Gasteiger partial charge in [-0.1, -0.05) is 42.5 Å². The standard InChI is InChI=1S/C27H30N4O3S/c1-29-25(32)27(31(26(29)33)15-12-20-8-10-22(34-2)11-9-20)13-16-30(17-14-27)18-24-28-23(19-35-24)21-6-4-3-5-7-21/h3-11,19H,12-18H2,1-2H3. The van der Waals surface area contributed by atoms with E-state index in [1.165, 1.54) is 4.90 Å². The second-order valence-corrected chi connectivity index (χ2v) is 10.1. The number of aromatic nitrogens is 1. The van der Waals surface area contributed by atoms with E-state index in [0.717, 1.165) is 47.2 Å². The highest BCUT2D eigenvalue weighted by molar-refractivity contribution is 7.09. The maximum absolute atomic E-state index is 13.2. The highest BCUT2D eigenvalue weighted by Crippen LogP contribution is 2.37. The molecule has 3 amide bonds. The summed E-state index contributed by atoms with van der Waals surface area (Å²) >= 11 is 1.67. The highest BCUT2D eigenvalue weighted by Gasteiger charge is 2.56. The quantitative estimate of drug-likeness (QED) is 0.462. The van der Waals surface area contributed by atoms with E-state index in [1.54, 1.807) is 25.5 Å². The Morgan fingerprint density at radius 1 is 1.03 bits per heavy atom. The number of likely N-dealkylation sites (N-methyl/N-ethyl adjacent to an activating group) is 1. The number of piperidine rings is 1. The summed E-state index contributed by atoms with van der Waals surface area (Å²) in [6, 6.07) is 17.9. The van der Waals surface area contributed by atoms with Gasteiger partial charge in [-0.25, -0.2) is 9.78 Å². The Balaban J connectivity index is 1.24. The number of thiazole rings is 1. The minimum Gasteiger partial charge on any atom is -0.497 e. The summed E-state index contributed by atoms with van der Waals surface area (Å²) in [6.45, 7) is 2.80. The van der Waals surface area contributed by atoms with Crippen molar-refractivity contribution in [2.75, 3.05) is 33.8 Å². The Kier molecular flexibility index (Phi) is 6.58. The Morgan fingerprint density at radius 2 is 1.74 bits per heavy atom. The highest BCUT2D eigenvalue weighted by atomic mass is 32.1. The number of methoxy groups -OCH3 is 1. The van der Waals surface area contributed by atoms with Crippen molar-refractivity contribution in [3.63, 3.8) is 0 Å². The second kappa shape index (κ2) is 9.79. The third-order valence-corrected chi connectivity index (χ3v) is 8.02. The zero-order chi connectivity index (χ0) is 24.4. The van der Waals surface area contributed by atoms with Gasteiger partial charge in [0.1, 0.15) is 16.3 Å². The van der Waals surface area contributed by atoms with Gasteiger partial charge in [0, 0.05) is 37.6 Å². The summed E-state index contributed by atoms with van der Waals surface area (Å²) in [5, 5.41) is 3.17. The lowest BCUT2D eigenvalue weighted by Crippen LogP contribution is -2.56. The first-order valence-electron chi connectivity index (χ1n) is 11.9. The van der Waals surface area contributed by atoms with Crippen LogP contribution in [0.15, 0.2) is 60.0 Å². The number of hydrogen-bond donors (Lipinski definition) is 0. The molecule has 182 valence electrons. The molecule has 1 aromatic heterocycles. The van der Waals surface area contributed by atoms with Gasteiger partial charge in [-0.15, -0.1) is 11.3 Å². The van der Waals surface area contributed by atoms with Crippen LogP contribution in [0, 0.1) is 0 Å². The molecule has 2 saturated heterocycles. The molecule has 3 aromatic rings. The first kappa shape index (κ1) is 23.5. The Labute approximate surface area is 209 Å². The number of hydrogen-bond acceptors (Lipinski definition) is 6. The molecule has 5 rings (SSSR count). The molecule has 35 heavy (non-hydrogen) atoms. The number of carbonyl (C=O) groups is 2. The van der Waals surface area contributed by atoms with Crippen LogP contribution in [0.3, 0.4) is 0 Å². The molecule has 0 saturated carbocycles. The molecule has 8 heteroatoms. The average Bonchev–Trinajstić information content (AvgIpc) is 3.43. The van der Waals surface area contributed by atoms with Gasteiger partial charge in [0.25, 0.3) is 5.91 Å². The van der Waals surface area contributed by atoms with Crippen molar-refractivity contribution in [1.29, 1.82) is 0 Å². The van der Waals surface area contributed by atoms with Crippen molar-refractivity contribution < 1.29 is 14.3 Å². The molecule has 2 fully saturated rings. The summed E-state index contributed by atoms with van der Waals surface area (Å²) in [7, 11) is 3.25. The van der Waals surface area contributed by atoms with E-state index in [4.69, 9.17) is 9.72 Å². The van der Waals surface area contributed by atoms with Crippen molar-refractivity contribution in [1.82, 2.24) is 19.7 Å². The van der Waals surface area contributed by atoms with Crippen molar-refractivity contribution in [2.24, 2.45) is 0 Å². The third-order valence-electron chi connectivity index (χ3n) is 7.18. The van der Waals surface area contributed by atoms with Crippen molar-refractivity contribution in [3.8, 4) is 17.0 Å². The smallest absolute Gasteiger partial charge is 0.327 e. The summed E-state index contributed by atoms with van der Waals surface area (Å²) in [4.78, 5) is 36.5. The number of carbonyl (C=O) groups excluding carboxylic acids is 2. The molecule has 2 aliphatic rings. The van der Waals surface area contributed by atoms with Gasteiger partial charge in [-0.2, -0.15) is 0 Å². The average molecular weight is 491 g/mol. The van der Waals surface area contributed by atoms with Crippen LogP contribution >= 0.6 is 11.3 Å². The van der Waals surface area contributed by atoms with Gasteiger partial charge in [0.05, 0.1) is 19.3 Å². The van der Waals surface area contributed by atoms with Gasteiger partial charge in [0.15, 0.2) is 0 Å². The molecule has 2 aromatic carbocycles. The SMILES string of the molecule is COc1ccc(CCN2C(=O)N(C)C(=O)C23CCN(Cc2nc(-c4ccccc4)cs2)CC3)cc1. The van der Waals surface area contributed by atoms with E-state index in [9.17, 15) is 9.59 Å². The summed E-state index contributed by atoms with van der Waals surface area (Å²) in [5.41, 5.74) is 2.50. The zero-order valence-electron chi connectivity index (χ0n) is 20.1. The minimum absolute atomic E-state index is 0.0718. The van der Waals surface area contributed by atoms with Crippen molar-refractivity contribution >= 4 is 23.3 Å². The number of ether oxygens (including phenoxy) is 1. The predicted octanol–water partition coefficient (Wildman–Crippen LogP) is 4.29. The topological polar surface area (TPSA) is 66.0 Å². The van der Waals surface area contributed by atoms with E-state index >= 15 is 0 Å². The maximum Gasteiger partial charge on any atom is 0.327 e. The van der Waals surface area contributed by atoms with Crippen LogP contribution in [-0.2, 0) is 17.8 Å². The van der Waals surface area contributed by atoms with E-state index in [0.29, 0.717) is 25.8 Å². The fourth-order valence-corrected chi connectivity index (χ4v) is 5.95. The van der Waals surface area contributed by atoms with Gasteiger partial charge in [-0.05, 0) is 37.0 Å². The number of imide groups is 1. The van der Waals surface area contributed by atoms with Crippen LogP contribution in [0.25, 0.3) is 11.3 Å². The number of benzene rings is 2. The Morgan fingerprint density at radius 3 is 2.43 bits per heavy atom. The summed E-state index contributed by atoms with van der Waals surface area (Å²) < 4.78 is 5.23. The normalized spacial score (nSPS) is 18.0. The molecule has 0 unspecified atom stereocenters. The van der Waals surface area contributed by atoms with E-state index < -0.39 is 5.54 Å². The minimum atomic E-state index is -0.743. The molecule has 0 bridgehead atoms. The van der Waals surface area contributed by atoms with Crippen LogP contribution in [-0.4, -0.2) is 71.0 Å². The number of rotatable bonds is 7. The largest absolute Gasteiger partial charge is 0.497 e. The third kappa shape index (κ3) is 4.56. The van der Waals surface area contributed by atoms with Crippen LogP contribution in [0.4, 0.5) is 4.79 Å². The Hall–Kier alpha value is -3.23. The monoisotopic (exact) mass is 490 g/mol. The predicted molar refractivity (Wildman–Crippen MR) is 136 cm³/mol. The van der Waals surface area contributed by atoms with E-state index in [-0.39, 0.29) is 11.9 Å². The van der Waals surface area contributed by atoms with Crippen LogP contribution in [0.1, 0.15) is 23.4 Å². The molecule has 0 N–H and O–H groups in total. The fraction of sp³-hybridized carbons (Fsp3) is 0.370. The van der Waals surface area contributed by atoms with Gasteiger partial charge in [-0.3, -0.25) is 14.6 Å². The maximum atomic E-state index is 13.2. The first-order chi connectivity index (χ1) is 17.0. The molecule has 0 aliphatic carbocycles. The number of urea groups is 1. The molecule has 0 atom stereocenters. The molecule has 7 nitrogen and oxygen atoms in total. The van der Waals surface area contributed by atoms with E-state index in [1.807, 2.05) is 47.4 Å².